The number of halogens is 2. The topological polar surface area (TPSA) is 83.7 Å². The number of rotatable bonds is 3. The summed E-state index contributed by atoms with van der Waals surface area (Å²) in [6.45, 7) is 5.87. The lowest BCUT2D eigenvalue weighted by molar-refractivity contribution is -0.140. The van der Waals surface area contributed by atoms with Crippen LogP contribution in [0.25, 0.3) is 0 Å². The van der Waals surface area contributed by atoms with Gasteiger partial charge in [-0.05, 0) is 36.8 Å². The van der Waals surface area contributed by atoms with E-state index in [0.29, 0.717) is 25.9 Å². The molecule has 2 N–H and O–H groups in total. The number of carbonyl (C=O) groups is 1. The van der Waals surface area contributed by atoms with E-state index in [9.17, 15) is 17.6 Å². The molecular formula is C19H29ClFN3O3S. The lowest BCUT2D eigenvalue weighted by Crippen LogP contribution is -2.55. The summed E-state index contributed by atoms with van der Waals surface area (Å²) >= 11 is 0. The third-order valence-corrected chi connectivity index (χ3v) is 7.81. The van der Waals surface area contributed by atoms with Gasteiger partial charge < -0.3 is 10.6 Å². The summed E-state index contributed by atoms with van der Waals surface area (Å²) in [5.74, 6) is -0.859. The lowest BCUT2D eigenvalue weighted by atomic mass is 9.79. The predicted octanol–water partition coefficient (Wildman–Crippen LogP) is 2.23. The number of likely N-dealkylation sites (tertiary alicyclic amines) is 1. The second-order valence-electron chi connectivity index (χ2n) is 8.25. The van der Waals surface area contributed by atoms with Crippen molar-refractivity contribution in [1.29, 1.82) is 0 Å². The summed E-state index contributed by atoms with van der Waals surface area (Å²) in [6, 6.07) is 5.47. The molecule has 9 heteroatoms. The Morgan fingerprint density at radius 2 is 1.75 bits per heavy atom. The van der Waals surface area contributed by atoms with Crippen molar-refractivity contribution in [2.45, 2.75) is 44.0 Å². The van der Waals surface area contributed by atoms with E-state index in [1.807, 2.05) is 4.90 Å². The highest BCUT2D eigenvalue weighted by atomic mass is 35.5. The van der Waals surface area contributed by atoms with E-state index in [1.165, 1.54) is 22.5 Å². The number of piperidine rings is 2. The largest absolute Gasteiger partial charge is 0.342 e. The molecule has 2 heterocycles. The van der Waals surface area contributed by atoms with Crippen LogP contribution in [0.4, 0.5) is 4.39 Å². The molecule has 1 aromatic rings. The lowest BCUT2D eigenvalue weighted by Gasteiger charge is -2.44. The van der Waals surface area contributed by atoms with Gasteiger partial charge in [-0.15, -0.1) is 12.4 Å². The molecule has 1 amide bonds. The van der Waals surface area contributed by atoms with Crippen molar-refractivity contribution in [3.05, 3.63) is 30.1 Å². The molecule has 6 nitrogen and oxygen atoms in total. The Labute approximate surface area is 172 Å². The minimum atomic E-state index is -3.88. The standard InChI is InChI=1S/C19H28FN3O3S.ClH/c1-19(2)13-22(10-9-17(19)21)18(24)14-7-11-23(12-8-14)27(25,26)16-6-4-3-5-15(16)20;/h3-6,14,17H,7-13,21H2,1-2H3;1H. The normalized spacial score (nSPS) is 23.9. The summed E-state index contributed by atoms with van der Waals surface area (Å²) in [4.78, 5) is 14.5. The van der Waals surface area contributed by atoms with Crippen molar-refractivity contribution >= 4 is 28.3 Å². The monoisotopic (exact) mass is 433 g/mol. The maximum atomic E-state index is 13.9. The zero-order chi connectivity index (χ0) is 19.8. The second kappa shape index (κ2) is 8.65. The third-order valence-electron chi connectivity index (χ3n) is 5.88. The van der Waals surface area contributed by atoms with Gasteiger partial charge in [0.2, 0.25) is 15.9 Å². The van der Waals surface area contributed by atoms with Crippen LogP contribution in [0.3, 0.4) is 0 Å². The van der Waals surface area contributed by atoms with Gasteiger partial charge in [0, 0.05) is 38.1 Å². The van der Waals surface area contributed by atoms with Crippen LogP contribution in [0.5, 0.6) is 0 Å². The van der Waals surface area contributed by atoms with E-state index in [2.05, 4.69) is 13.8 Å². The number of nitrogens with two attached hydrogens (primary N) is 1. The number of nitrogens with zero attached hydrogens (tertiary/aromatic N) is 2. The highest BCUT2D eigenvalue weighted by Gasteiger charge is 2.39. The van der Waals surface area contributed by atoms with Gasteiger partial charge >= 0.3 is 0 Å². The molecular weight excluding hydrogens is 405 g/mol. The number of sulfonamides is 1. The van der Waals surface area contributed by atoms with Gasteiger partial charge in [0.1, 0.15) is 10.7 Å². The number of amides is 1. The van der Waals surface area contributed by atoms with Crippen molar-refractivity contribution in [2.24, 2.45) is 17.1 Å². The van der Waals surface area contributed by atoms with Gasteiger partial charge in [0.15, 0.2) is 0 Å². The van der Waals surface area contributed by atoms with E-state index in [1.54, 1.807) is 0 Å². The van der Waals surface area contributed by atoms with Crippen LogP contribution < -0.4 is 5.73 Å². The van der Waals surface area contributed by atoms with Gasteiger partial charge in [-0.1, -0.05) is 26.0 Å². The Morgan fingerprint density at radius 1 is 1.14 bits per heavy atom. The first-order valence-corrected chi connectivity index (χ1v) is 10.9. The van der Waals surface area contributed by atoms with E-state index < -0.39 is 15.8 Å². The molecule has 0 radical (unpaired) electrons. The van der Waals surface area contributed by atoms with Crippen molar-refractivity contribution < 1.29 is 17.6 Å². The predicted molar refractivity (Wildman–Crippen MR) is 108 cm³/mol. The molecule has 2 aliphatic rings. The third kappa shape index (κ3) is 4.50. The first-order chi connectivity index (χ1) is 12.6. The molecule has 1 unspecified atom stereocenters. The molecule has 2 fully saturated rings. The summed E-state index contributed by atoms with van der Waals surface area (Å²) in [5.41, 5.74) is 6.02. The van der Waals surface area contributed by atoms with E-state index in [4.69, 9.17) is 5.73 Å². The SMILES string of the molecule is CC1(C)CN(C(=O)C2CCN(S(=O)(=O)c3ccccc3F)CC2)CCC1N.Cl. The molecule has 2 aliphatic heterocycles. The zero-order valence-electron chi connectivity index (χ0n) is 16.3. The van der Waals surface area contributed by atoms with Crippen LogP contribution in [-0.2, 0) is 14.8 Å². The molecule has 1 atom stereocenters. The molecule has 0 aromatic heterocycles. The molecule has 2 saturated heterocycles. The average molecular weight is 434 g/mol. The van der Waals surface area contributed by atoms with Gasteiger partial charge in [-0.3, -0.25) is 4.79 Å². The minimum absolute atomic E-state index is 0. The highest BCUT2D eigenvalue weighted by Crippen LogP contribution is 2.31. The van der Waals surface area contributed by atoms with Crippen LogP contribution in [0.15, 0.2) is 29.2 Å². The van der Waals surface area contributed by atoms with Crippen LogP contribution in [0.1, 0.15) is 33.1 Å². The molecule has 0 saturated carbocycles. The average Bonchev–Trinajstić information content (AvgIpc) is 2.63. The van der Waals surface area contributed by atoms with Gasteiger partial charge in [0.25, 0.3) is 0 Å². The van der Waals surface area contributed by atoms with Crippen LogP contribution >= 0.6 is 12.4 Å². The molecule has 3 rings (SSSR count). The van der Waals surface area contributed by atoms with Gasteiger partial charge in [-0.25, -0.2) is 12.8 Å². The molecule has 158 valence electrons. The second-order valence-corrected chi connectivity index (χ2v) is 10.2. The summed E-state index contributed by atoms with van der Waals surface area (Å²) < 4.78 is 40.6. The van der Waals surface area contributed by atoms with Crippen molar-refractivity contribution in [3.63, 3.8) is 0 Å². The fourth-order valence-electron chi connectivity index (χ4n) is 3.96. The molecule has 1 aromatic carbocycles. The maximum absolute atomic E-state index is 13.9. The number of carbonyl (C=O) groups excluding carboxylic acids is 1. The van der Waals surface area contributed by atoms with Gasteiger partial charge in [-0.2, -0.15) is 4.31 Å². The van der Waals surface area contributed by atoms with E-state index >= 15 is 0 Å². The van der Waals surface area contributed by atoms with Crippen LogP contribution in [0.2, 0.25) is 0 Å². The Bertz CT molecular complexity index is 810. The number of hydrogen-bond donors (Lipinski definition) is 1. The number of benzene rings is 1. The first kappa shape index (κ1) is 23.1. The molecule has 0 bridgehead atoms. The molecule has 0 spiro atoms. The zero-order valence-corrected chi connectivity index (χ0v) is 17.9. The van der Waals surface area contributed by atoms with E-state index in [-0.39, 0.29) is 53.7 Å². The molecule has 28 heavy (non-hydrogen) atoms. The fraction of sp³-hybridized carbons (Fsp3) is 0.632. The van der Waals surface area contributed by atoms with Crippen molar-refractivity contribution in [3.8, 4) is 0 Å². The van der Waals surface area contributed by atoms with E-state index in [0.717, 1.165) is 12.5 Å². The quantitative estimate of drug-likeness (QED) is 0.792. The van der Waals surface area contributed by atoms with Crippen molar-refractivity contribution in [2.75, 3.05) is 26.2 Å². The van der Waals surface area contributed by atoms with Crippen LogP contribution in [0, 0.1) is 17.2 Å². The smallest absolute Gasteiger partial charge is 0.245 e. The van der Waals surface area contributed by atoms with Gasteiger partial charge in [0.05, 0.1) is 0 Å². The Morgan fingerprint density at radius 3 is 2.32 bits per heavy atom. The fourth-order valence-corrected chi connectivity index (χ4v) is 5.49. The number of hydrogen-bond acceptors (Lipinski definition) is 4. The Kier molecular flexibility index (Phi) is 7.12. The minimum Gasteiger partial charge on any atom is -0.342 e. The van der Waals surface area contributed by atoms with Crippen LogP contribution in [-0.4, -0.2) is 55.8 Å². The summed E-state index contributed by atoms with van der Waals surface area (Å²) in [6.07, 6.45) is 1.68. The summed E-state index contributed by atoms with van der Waals surface area (Å²) in [5, 5.41) is 0. The first-order valence-electron chi connectivity index (χ1n) is 9.42. The Balaban J connectivity index is 0.00000280. The maximum Gasteiger partial charge on any atom is 0.245 e. The summed E-state index contributed by atoms with van der Waals surface area (Å²) in [7, 11) is -3.88. The highest BCUT2D eigenvalue weighted by molar-refractivity contribution is 7.89. The Hall–Kier alpha value is -1.22. The molecule has 0 aliphatic carbocycles. The van der Waals surface area contributed by atoms with Crippen molar-refractivity contribution in [1.82, 2.24) is 9.21 Å².